The molecule has 2 aromatic heterocycles. The van der Waals surface area contributed by atoms with Crippen molar-refractivity contribution in [1.82, 2.24) is 15.3 Å². The van der Waals surface area contributed by atoms with Crippen LogP contribution < -0.4 is 15.0 Å². The van der Waals surface area contributed by atoms with Crippen LogP contribution in [0.25, 0.3) is 10.6 Å². The standard InChI is InChI=1S/C22H24N4O2S/c1-15(16-5-8-18(28-2)9-6-16)24-21(27)19-14-29-22(25-19)17-7-10-20(23-13-17)26-11-3-4-12-26/h5-10,13-15H,3-4,11-12H2,1-2H3,(H,24,27)/t15-/m0/s1. The van der Waals surface area contributed by atoms with Gasteiger partial charge < -0.3 is 15.0 Å². The van der Waals surface area contributed by atoms with Gasteiger partial charge in [0, 0.05) is 30.2 Å². The fourth-order valence-corrected chi connectivity index (χ4v) is 4.19. The van der Waals surface area contributed by atoms with Crippen LogP contribution in [0.2, 0.25) is 0 Å². The number of rotatable bonds is 6. The molecule has 150 valence electrons. The van der Waals surface area contributed by atoms with E-state index < -0.39 is 0 Å². The normalized spacial score (nSPS) is 14.6. The number of nitrogens with zero attached hydrogens (tertiary/aromatic N) is 3. The van der Waals surface area contributed by atoms with Crippen molar-refractivity contribution < 1.29 is 9.53 Å². The molecule has 4 rings (SSSR count). The highest BCUT2D eigenvalue weighted by Gasteiger charge is 2.17. The summed E-state index contributed by atoms with van der Waals surface area (Å²) in [4.78, 5) is 24.0. The molecule has 1 aromatic carbocycles. The molecule has 0 spiro atoms. The van der Waals surface area contributed by atoms with Crippen LogP contribution in [0.4, 0.5) is 5.82 Å². The summed E-state index contributed by atoms with van der Waals surface area (Å²) in [5, 5.41) is 5.59. The number of methoxy groups -OCH3 is 1. The van der Waals surface area contributed by atoms with E-state index in [4.69, 9.17) is 4.74 Å². The number of aromatic nitrogens is 2. The lowest BCUT2D eigenvalue weighted by atomic mass is 10.1. The Kier molecular flexibility index (Phi) is 5.76. The zero-order valence-corrected chi connectivity index (χ0v) is 17.4. The fraction of sp³-hybridized carbons (Fsp3) is 0.318. The van der Waals surface area contributed by atoms with Crippen molar-refractivity contribution in [3.05, 3.63) is 59.2 Å². The molecular formula is C22H24N4O2S. The number of amides is 1. The number of benzene rings is 1. The summed E-state index contributed by atoms with van der Waals surface area (Å²) in [5.74, 6) is 1.62. The lowest BCUT2D eigenvalue weighted by Gasteiger charge is -2.15. The van der Waals surface area contributed by atoms with Crippen molar-refractivity contribution in [2.45, 2.75) is 25.8 Å². The number of nitrogens with one attached hydrogen (secondary N) is 1. The zero-order chi connectivity index (χ0) is 20.2. The van der Waals surface area contributed by atoms with Crippen LogP contribution >= 0.6 is 11.3 Å². The van der Waals surface area contributed by atoms with E-state index in [2.05, 4.69) is 20.2 Å². The molecule has 7 heteroatoms. The van der Waals surface area contributed by atoms with Gasteiger partial charge in [0.1, 0.15) is 22.3 Å². The molecule has 0 unspecified atom stereocenters. The summed E-state index contributed by atoms with van der Waals surface area (Å²) in [6.07, 6.45) is 4.29. The first-order valence-corrected chi connectivity index (χ1v) is 10.6. The summed E-state index contributed by atoms with van der Waals surface area (Å²) >= 11 is 1.45. The van der Waals surface area contributed by atoms with Gasteiger partial charge in [-0.25, -0.2) is 9.97 Å². The highest BCUT2D eigenvalue weighted by atomic mass is 32.1. The number of carbonyl (C=O) groups excluding carboxylic acids is 1. The van der Waals surface area contributed by atoms with Gasteiger partial charge in [-0.15, -0.1) is 11.3 Å². The predicted molar refractivity (Wildman–Crippen MR) is 116 cm³/mol. The molecule has 0 saturated carbocycles. The van der Waals surface area contributed by atoms with Gasteiger partial charge in [0.25, 0.3) is 5.91 Å². The monoisotopic (exact) mass is 408 g/mol. The lowest BCUT2D eigenvalue weighted by Crippen LogP contribution is -2.26. The number of thiazole rings is 1. The van der Waals surface area contributed by atoms with E-state index >= 15 is 0 Å². The first-order valence-electron chi connectivity index (χ1n) is 9.76. The minimum atomic E-state index is -0.183. The smallest absolute Gasteiger partial charge is 0.271 e. The second kappa shape index (κ2) is 8.61. The van der Waals surface area contributed by atoms with E-state index in [0.29, 0.717) is 5.69 Å². The van der Waals surface area contributed by atoms with Crippen molar-refractivity contribution in [3.63, 3.8) is 0 Å². The largest absolute Gasteiger partial charge is 0.497 e. The third kappa shape index (κ3) is 4.40. The van der Waals surface area contributed by atoms with Crippen LogP contribution in [0.3, 0.4) is 0 Å². The van der Waals surface area contributed by atoms with Crippen LogP contribution in [-0.2, 0) is 0 Å². The maximum Gasteiger partial charge on any atom is 0.271 e. The molecule has 1 atom stereocenters. The molecule has 3 aromatic rings. The van der Waals surface area contributed by atoms with Gasteiger partial charge >= 0.3 is 0 Å². The van der Waals surface area contributed by atoms with Gasteiger partial charge in [-0.05, 0) is 49.6 Å². The van der Waals surface area contributed by atoms with Gasteiger partial charge in [-0.3, -0.25) is 4.79 Å². The first-order chi connectivity index (χ1) is 14.1. The van der Waals surface area contributed by atoms with Crippen LogP contribution in [0.1, 0.15) is 41.9 Å². The van der Waals surface area contributed by atoms with Gasteiger partial charge in [0.15, 0.2) is 0 Å². The molecule has 1 aliphatic heterocycles. The Morgan fingerprint density at radius 1 is 1.17 bits per heavy atom. The first kappa shape index (κ1) is 19.4. The quantitative estimate of drug-likeness (QED) is 0.658. The average Bonchev–Trinajstić information content (AvgIpc) is 3.46. The minimum absolute atomic E-state index is 0.125. The number of ether oxygens (including phenoxy) is 1. The molecule has 1 fully saturated rings. The molecule has 0 radical (unpaired) electrons. The van der Waals surface area contributed by atoms with E-state index in [1.54, 1.807) is 12.5 Å². The number of carbonyl (C=O) groups is 1. The van der Waals surface area contributed by atoms with Gasteiger partial charge in [-0.1, -0.05) is 12.1 Å². The third-order valence-corrected chi connectivity index (χ3v) is 6.02. The second-order valence-corrected chi connectivity index (χ2v) is 7.96. The summed E-state index contributed by atoms with van der Waals surface area (Å²) in [6.45, 7) is 4.09. The summed E-state index contributed by atoms with van der Waals surface area (Å²) in [5.41, 5.74) is 2.37. The van der Waals surface area contributed by atoms with Crippen molar-refractivity contribution in [2.75, 3.05) is 25.1 Å². The van der Waals surface area contributed by atoms with E-state index in [1.807, 2.05) is 49.5 Å². The van der Waals surface area contributed by atoms with E-state index in [9.17, 15) is 4.79 Å². The molecular weight excluding hydrogens is 384 g/mol. The highest BCUT2D eigenvalue weighted by molar-refractivity contribution is 7.13. The van der Waals surface area contributed by atoms with E-state index in [-0.39, 0.29) is 11.9 Å². The highest BCUT2D eigenvalue weighted by Crippen LogP contribution is 2.26. The fourth-order valence-electron chi connectivity index (χ4n) is 3.40. The Bertz CT molecular complexity index is 963. The molecule has 0 aliphatic carbocycles. The summed E-state index contributed by atoms with van der Waals surface area (Å²) in [7, 11) is 1.63. The van der Waals surface area contributed by atoms with E-state index in [0.717, 1.165) is 40.8 Å². The van der Waals surface area contributed by atoms with E-state index in [1.165, 1.54) is 24.2 Å². The van der Waals surface area contributed by atoms with Gasteiger partial charge in [0.2, 0.25) is 0 Å². The van der Waals surface area contributed by atoms with Crippen molar-refractivity contribution in [1.29, 1.82) is 0 Å². The van der Waals surface area contributed by atoms with Crippen LogP contribution in [-0.4, -0.2) is 36.1 Å². The number of anilines is 1. The molecule has 1 saturated heterocycles. The topological polar surface area (TPSA) is 67.3 Å². The summed E-state index contributed by atoms with van der Waals surface area (Å²) in [6, 6.07) is 11.6. The van der Waals surface area contributed by atoms with Crippen LogP contribution in [0.15, 0.2) is 48.0 Å². The second-order valence-electron chi connectivity index (χ2n) is 7.11. The maximum atomic E-state index is 12.6. The van der Waals surface area contributed by atoms with Crippen molar-refractivity contribution >= 4 is 23.1 Å². The summed E-state index contributed by atoms with van der Waals surface area (Å²) < 4.78 is 5.18. The SMILES string of the molecule is COc1ccc([C@H](C)NC(=O)c2csc(-c3ccc(N4CCCC4)nc3)n2)cc1. The van der Waals surface area contributed by atoms with Crippen LogP contribution in [0.5, 0.6) is 5.75 Å². The molecule has 1 amide bonds. The average molecular weight is 409 g/mol. The molecule has 3 heterocycles. The molecule has 1 N–H and O–H groups in total. The maximum absolute atomic E-state index is 12.6. The van der Waals surface area contributed by atoms with Crippen molar-refractivity contribution in [3.8, 4) is 16.3 Å². The predicted octanol–water partition coefficient (Wildman–Crippen LogP) is 4.30. The Balaban J connectivity index is 1.41. The Morgan fingerprint density at radius 2 is 1.93 bits per heavy atom. The lowest BCUT2D eigenvalue weighted by molar-refractivity contribution is 0.0935. The Hall–Kier alpha value is -2.93. The third-order valence-electron chi connectivity index (χ3n) is 5.13. The van der Waals surface area contributed by atoms with Crippen LogP contribution in [0, 0.1) is 0 Å². The van der Waals surface area contributed by atoms with Gasteiger partial charge in [-0.2, -0.15) is 0 Å². The van der Waals surface area contributed by atoms with Crippen molar-refractivity contribution in [2.24, 2.45) is 0 Å². The molecule has 6 nitrogen and oxygen atoms in total. The Labute approximate surface area is 174 Å². The number of hydrogen-bond acceptors (Lipinski definition) is 6. The molecule has 1 aliphatic rings. The van der Waals surface area contributed by atoms with Gasteiger partial charge in [0.05, 0.1) is 13.2 Å². The molecule has 29 heavy (non-hydrogen) atoms. The number of hydrogen-bond donors (Lipinski definition) is 1. The molecule has 0 bridgehead atoms. The Morgan fingerprint density at radius 3 is 2.59 bits per heavy atom. The minimum Gasteiger partial charge on any atom is -0.497 e. The number of pyridine rings is 1. The zero-order valence-electron chi connectivity index (χ0n) is 16.6.